The van der Waals surface area contributed by atoms with E-state index in [-0.39, 0.29) is 5.56 Å². The van der Waals surface area contributed by atoms with Crippen LogP contribution in [-0.2, 0) is 0 Å². The van der Waals surface area contributed by atoms with E-state index in [4.69, 9.17) is 9.52 Å². The van der Waals surface area contributed by atoms with Gasteiger partial charge in [-0.05, 0) is 23.8 Å². The largest absolute Gasteiger partial charge is 0.464 e. The number of aliphatic hydroxyl groups is 1. The van der Waals surface area contributed by atoms with Gasteiger partial charge in [0, 0.05) is 5.39 Å². The van der Waals surface area contributed by atoms with Gasteiger partial charge in [-0.15, -0.1) is 0 Å². The molecule has 1 aromatic carbocycles. The van der Waals surface area contributed by atoms with Crippen molar-refractivity contribution in [2.24, 2.45) is 0 Å². The maximum Gasteiger partial charge on any atom is 0.418 e. The highest BCUT2D eigenvalue weighted by Crippen LogP contribution is 2.33. The van der Waals surface area contributed by atoms with Gasteiger partial charge in [-0.1, -0.05) is 6.07 Å². The maximum atomic E-state index is 12.2. The summed E-state index contributed by atoms with van der Waals surface area (Å²) in [5, 5.41) is 9.54. The summed E-state index contributed by atoms with van der Waals surface area (Å²) in [5.41, 5.74) is 0.310. The van der Waals surface area contributed by atoms with E-state index in [2.05, 4.69) is 0 Å². The van der Waals surface area contributed by atoms with E-state index >= 15 is 0 Å². The lowest BCUT2D eigenvalue weighted by Crippen LogP contribution is -2.19. The van der Waals surface area contributed by atoms with Crippen LogP contribution in [0.1, 0.15) is 11.7 Å². The summed E-state index contributed by atoms with van der Waals surface area (Å²) in [6.07, 6.45) is -5.71. The first-order valence-corrected chi connectivity index (χ1v) is 4.20. The van der Waals surface area contributed by atoms with Crippen LogP contribution in [0.15, 0.2) is 34.9 Å². The summed E-state index contributed by atoms with van der Waals surface area (Å²) in [6.45, 7) is 0. The molecule has 1 aromatic heterocycles. The lowest BCUT2D eigenvalue weighted by Gasteiger charge is -2.14. The molecule has 0 saturated heterocycles. The predicted molar refractivity (Wildman–Crippen MR) is 47.2 cm³/mol. The number of benzene rings is 1. The zero-order valence-corrected chi connectivity index (χ0v) is 7.45. The minimum Gasteiger partial charge on any atom is -0.464 e. The number of alkyl halides is 3. The molecule has 0 unspecified atom stereocenters. The molecule has 1 atom stereocenters. The molecule has 0 radical (unpaired) electrons. The van der Waals surface area contributed by atoms with Crippen LogP contribution in [0.25, 0.3) is 11.0 Å². The molecule has 80 valence electrons. The first kappa shape index (κ1) is 10.0. The van der Waals surface area contributed by atoms with Gasteiger partial charge in [-0.25, -0.2) is 0 Å². The van der Waals surface area contributed by atoms with Gasteiger partial charge < -0.3 is 9.52 Å². The van der Waals surface area contributed by atoms with Crippen LogP contribution in [0.2, 0.25) is 0 Å². The topological polar surface area (TPSA) is 33.4 Å². The van der Waals surface area contributed by atoms with Crippen LogP contribution in [0.3, 0.4) is 0 Å². The SMILES string of the molecule is O[C@H](c1ccc2occc2c1)C(F)(F)F. The van der Waals surface area contributed by atoms with Crippen molar-refractivity contribution in [3.8, 4) is 0 Å². The number of halogens is 3. The maximum absolute atomic E-state index is 12.2. The molecule has 0 aliphatic rings. The minimum absolute atomic E-state index is 0.184. The third kappa shape index (κ3) is 1.83. The Balaban J connectivity index is 2.44. The zero-order chi connectivity index (χ0) is 11.1. The highest BCUT2D eigenvalue weighted by molar-refractivity contribution is 5.77. The van der Waals surface area contributed by atoms with Crippen molar-refractivity contribution >= 4 is 11.0 Å². The van der Waals surface area contributed by atoms with Gasteiger partial charge in [0.25, 0.3) is 0 Å². The first-order chi connectivity index (χ1) is 6.98. The molecular formula is C10H7F3O2. The normalized spacial score (nSPS) is 14.4. The van der Waals surface area contributed by atoms with Crippen molar-refractivity contribution in [2.45, 2.75) is 12.3 Å². The zero-order valence-electron chi connectivity index (χ0n) is 7.45. The molecule has 0 fully saturated rings. The van der Waals surface area contributed by atoms with Crippen LogP contribution in [0, 0.1) is 0 Å². The average Bonchev–Trinajstić information content (AvgIpc) is 2.61. The molecule has 0 bridgehead atoms. The molecular weight excluding hydrogens is 209 g/mol. The van der Waals surface area contributed by atoms with Gasteiger partial charge in [0.15, 0.2) is 6.10 Å². The fraction of sp³-hybridized carbons (Fsp3) is 0.200. The summed E-state index contributed by atoms with van der Waals surface area (Å²) >= 11 is 0. The molecule has 2 nitrogen and oxygen atoms in total. The second-order valence-electron chi connectivity index (χ2n) is 3.16. The highest BCUT2D eigenvalue weighted by Gasteiger charge is 2.39. The van der Waals surface area contributed by atoms with E-state index in [1.807, 2.05) is 0 Å². The molecule has 0 aliphatic heterocycles. The van der Waals surface area contributed by atoms with Crippen molar-refractivity contribution < 1.29 is 22.7 Å². The van der Waals surface area contributed by atoms with E-state index in [9.17, 15) is 13.2 Å². The Morgan fingerprint density at radius 1 is 1.20 bits per heavy atom. The Labute approximate surface area is 82.9 Å². The molecule has 15 heavy (non-hydrogen) atoms. The number of aliphatic hydroxyl groups excluding tert-OH is 1. The third-order valence-corrected chi connectivity index (χ3v) is 2.10. The van der Waals surface area contributed by atoms with E-state index in [1.54, 1.807) is 6.07 Å². The number of hydrogen-bond donors (Lipinski definition) is 1. The Bertz CT molecular complexity index is 473. The molecule has 0 spiro atoms. The third-order valence-electron chi connectivity index (χ3n) is 2.10. The number of fused-ring (bicyclic) bond motifs is 1. The Kier molecular flexibility index (Phi) is 2.19. The Morgan fingerprint density at radius 3 is 2.60 bits per heavy atom. The van der Waals surface area contributed by atoms with Gasteiger partial charge in [0.05, 0.1) is 6.26 Å². The molecule has 5 heteroatoms. The Morgan fingerprint density at radius 2 is 1.93 bits per heavy atom. The van der Waals surface area contributed by atoms with Crippen LogP contribution >= 0.6 is 0 Å². The lowest BCUT2D eigenvalue weighted by molar-refractivity contribution is -0.206. The van der Waals surface area contributed by atoms with Crippen molar-refractivity contribution in [3.05, 3.63) is 36.1 Å². The molecule has 1 N–H and O–H groups in total. The number of hydrogen-bond acceptors (Lipinski definition) is 2. The van der Waals surface area contributed by atoms with Gasteiger partial charge in [-0.2, -0.15) is 13.2 Å². The first-order valence-electron chi connectivity index (χ1n) is 4.20. The second-order valence-corrected chi connectivity index (χ2v) is 3.16. The minimum atomic E-state index is -4.64. The standard InChI is InChI=1S/C10H7F3O2/c11-10(12,13)9(14)7-1-2-8-6(5-7)3-4-15-8/h1-5,9,14H/t9-/m1/s1. The summed E-state index contributed by atoms with van der Waals surface area (Å²) in [6, 6.07) is 5.41. The summed E-state index contributed by atoms with van der Waals surface area (Å²) < 4.78 is 41.5. The van der Waals surface area contributed by atoms with E-state index in [0.29, 0.717) is 11.0 Å². The van der Waals surface area contributed by atoms with E-state index in [0.717, 1.165) is 0 Å². The predicted octanol–water partition coefficient (Wildman–Crippen LogP) is 3.03. The number of rotatable bonds is 1. The monoisotopic (exact) mass is 216 g/mol. The molecule has 2 aromatic rings. The smallest absolute Gasteiger partial charge is 0.418 e. The van der Waals surface area contributed by atoms with Gasteiger partial charge >= 0.3 is 6.18 Å². The highest BCUT2D eigenvalue weighted by atomic mass is 19.4. The fourth-order valence-corrected chi connectivity index (χ4v) is 1.34. The summed E-state index contributed by atoms with van der Waals surface area (Å²) in [5.74, 6) is 0. The molecule has 0 amide bonds. The summed E-state index contributed by atoms with van der Waals surface area (Å²) in [4.78, 5) is 0. The quantitative estimate of drug-likeness (QED) is 0.794. The number of furan rings is 1. The fourth-order valence-electron chi connectivity index (χ4n) is 1.34. The van der Waals surface area contributed by atoms with Crippen molar-refractivity contribution in [1.29, 1.82) is 0 Å². The van der Waals surface area contributed by atoms with Crippen molar-refractivity contribution in [1.82, 2.24) is 0 Å². The van der Waals surface area contributed by atoms with E-state index < -0.39 is 12.3 Å². The molecule has 1 heterocycles. The Hall–Kier alpha value is -1.49. The van der Waals surface area contributed by atoms with Crippen molar-refractivity contribution in [3.63, 3.8) is 0 Å². The lowest BCUT2D eigenvalue weighted by atomic mass is 10.1. The van der Waals surface area contributed by atoms with Crippen LogP contribution in [0.4, 0.5) is 13.2 Å². The average molecular weight is 216 g/mol. The van der Waals surface area contributed by atoms with Crippen LogP contribution < -0.4 is 0 Å². The molecule has 2 rings (SSSR count). The van der Waals surface area contributed by atoms with Gasteiger partial charge in [0.1, 0.15) is 5.58 Å². The van der Waals surface area contributed by atoms with E-state index in [1.165, 1.54) is 24.5 Å². The van der Waals surface area contributed by atoms with Crippen molar-refractivity contribution in [2.75, 3.05) is 0 Å². The molecule has 0 aliphatic carbocycles. The summed E-state index contributed by atoms with van der Waals surface area (Å²) in [7, 11) is 0. The van der Waals surface area contributed by atoms with Gasteiger partial charge in [0.2, 0.25) is 0 Å². The molecule has 0 saturated carbocycles. The second kappa shape index (κ2) is 3.27. The van der Waals surface area contributed by atoms with Gasteiger partial charge in [-0.3, -0.25) is 0 Å². The van der Waals surface area contributed by atoms with Crippen LogP contribution in [0.5, 0.6) is 0 Å². The van der Waals surface area contributed by atoms with Crippen LogP contribution in [-0.4, -0.2) is 11.3 Å².